The third kappa shape index (κ3) is 3.14. The van der Waals surface area contributed by atoms with Crippen LogP contribution in [0, 0.1) is 20.2 Å². The van der Waals surface area contributed by atoms with Gasteiger partial charge in [0.25, 0.3) is 17.3 Å². The Morgan fingerprint density at radius 3 is 2.07 bits per heavy atom. The number of nitrogens with zero attached hydrogens (tertiary/aromatic N) is 3. The fraction of sp³-hybridized carbons (Fsp3) is 0.300. The molecule has 1 fully saturated rings. The van der Waals surface area contributed by atoms with Crippen LogP contribution in [0.5, 0.6) is 0 Å². The average Bonchev–Trinajstić information content (AvgIpc) is 2.88. The lowest BCUT2D eigenvalue weighted by molar-refractivity contribution is -0.385. The van der Waals surface area contributed by atoms with Crippen LogP contribution >= 0.6 is 0 Å². The summed E-state index contributed by atoms with van der Waals surface area (Å²) >= 11 is 0. The lowest BCUT2D eigenvalue weighted by Gasteiger charge is -2.21. The Morgan fingerprint density at radius 1 is 0.828 bits per heavy atom. The molecule has 1 aliphatic carbocycles. The number of carbonyl (C=O) groups excluding carboxylic acids is 2. The number of non-ortho nitro benzene ring substituents is 2. The molecule has 0 saturated carbocycles. The molecule has 2 aromatic carbocycles. The normalized spacial score (nSPS) is 15.4. The third-order valence-corrected chi connectivity index (χ3v) is 5.43. The van der Waals surface area contributed by atoms with Gasteiger partial charge in [-0.15, -0.1) is 0 Å². The average molecular weight is 395 g/mol. The number of nitro groups is 2. The van der Waals surface area contributed by atoms with Gasteiger partial charge in [-0.1, -0.05) is 12.8 Å². The Bertz CT molecular complexity index is 1070. The van der Waals surface area contributed by atoms with E-state index < -0.39 is 15.6 Å². The van der Waals surface area contributed by atoms with Crippen molar-refractivity contribution in [3.05, 3.63) is 67.3 Å². The van der Waals surface area contributed by atoms with E-state index in [1.807, 2.05) is 0 Å². The predicted octanol–water partition coefficient (Wildman–Crippen LogP) is 3.73. The van der Waals surface area contributed by atoms with Crippen LogP contribution < -0.4 is 0 Å². The van der Waals surface area contributed by atoms with E-state index in [1.54, 1.807) is 4.90 Å². The first-order valence-electron chi connectivity index (χ1n) is 9.33. The van der Waals surface area contributed by atoms with E-state index >= 15 is 0 Å². The monoisotopic (exact) mass is 395 g/mol. The number of hydrogen-bond donors (Lipinski definition) is 0. The van der Waals surface area contributed by atoms with E-state index in [2.05, 4.69) is 0 Å². The number of likely N-dealkylation sites (tertiary alicyclic amines) is 1. The summed E-state index contributed by atoms with van der Waals surface area (Å²) in [6, 6.07) is 6.20. The maximum Gasteiger partial charge on any atom is 0.271 e. The molecule has 1 heterocycles. The molecule has 0 bridgehead atoms. The quantitative estimate of drug-likeness (QED) is 0.492. The van der Waals surface area contributed by atoms with Gasteiger partial charge in [-0.2, -0.15) is 0 Å². The van der Waals surface area contributed by atoms with Crippen LogP contribution in [-0.4, -0.2) is 39.5 Å². The van der Waals surface area contributed by atoms with Crippen molar-refractivity contribution >= 4 is 23.1 Å². The zero-order valence-electron chi connectivity index (χ0n) is 15.4. The highest BCUT2D eigenvalue weighted by atomic mass is 16.6. The number of ketones is 1. The standard InChI is InChI=1S/C20H17N3O6/c24-19-15-9-12(22(26)27)5-6-14(15)18-16(19)10-13(23(28)29)11-17(18)20(25)21-7-3-1-2-4-8-21/h5-6,9-11H,1-4,7-8H2. The van der Waals surface area contributed by atoms with Crippen LogP contribution in [-0.2, 0) is 0 Å². The highest BCUT2D eigenvalue weighted by molar-refractivity contribution is 6.25. The third-order valence-electron chi connectivity index (χ3n) is 5.43. The van der Waals surface area contributed by atoms with Gasteiger partial charge >= 0.3 is 0 Å². The SMILES string of the molecule is O=C1c2cc([N+](=O)[O-])ccc2-c2c1cc([N+](=O)[O-])cc2C(=O)N1CCCCCC1. The second-order valence-corrected chi connectivity index (χ2v) is 7.20. The Morgan fingerprint density at radius 2 is 1.45 bits per heavy atom. The fourth-order valence-corrected chi connectivity index (χ4v) is 4.01. The van der Waals surface area contributed by atoms with Crippen LogP contribution in [0.2, 0.25) is 0 Å². The summed E-state index contributed by atoms with van der Waals surface area (Å²) in [6.07, 6.45) is 3.73. The molecular weight excluding hydrogens is 378 g/mol. The molecule has 4 rings (SSSR count). The highest BCUT2D eigenvalue weighted by Crippen LogP contribution is 2.42. The lowest BCUT2D eigenvalue weighted by atomic mass is 9.97. The molecule has 1 saturated heterocycles. The van der Waals surface area contributed by atoms with Crippen molar-refractivity contribution in [1.82, 2.24) is 4.90 Å². The molecule has 9 heteroatoms. The zero-order chi connectivity index (χ0) is 20.7. The molecule has 0 aromatic heterocycles. The van der Waals surface area contributed by atoms with Crippen LogP contribution in [0.25, 0.3) is 11.1 Å². The molecule has 9 nitrogen and oxygen atoms in total. The van der Waals surface area contributed by atoms with Crippen molar-refractivity contribution < 1.29 is 19.4 Å². The van der Waals surface area contributed by atoms with E-state index in [-0.39, 0.29) is 34.0 Å². The largest absolute Gasteiger partial charge is 0.339 e. The summed E-state index contributed by atoms with van der Waals surface area (Å²) in [4.78, 5) is 49.0. The minimum absolute atomic E-state index is 0.0351. The van der Waals surface area contributed by atoms with Crippen molar-refractivity contribution in [3.8, 4) is 11.1 Å². The molecule has 29 heavy (non-hydrogen) atoms. The maximum absolute atomic E-state index is 13.3. The molecule has 2 aliphatic rings. The maximum atomic E-state index is 13.3. The number of fused-ring (bicyclic) bond motifs is 3. The molecule has 148 valence electrons. The van der Waals surface area contributed by atoms with Crippen molar-refractivity contribution in [1.29, 1.82) is 0 Å². The number of amides is 1. The van der Waals surface area contributed by atoms with Gasteiger partial charge in [0.15, 0.2) is 5.78 Å². The molecule has 2 aromatic rings. The van der Waals surface area contributed by atoms with Crippen molar-refractivity contribution in [2.75, 3.05) is 13.1 Å². The van der Waals surface area contributed by atoms with E-state index in [0.717, 1.165) is 37.8 Å². The van der Waals surface area contributed by atoms with Gasteiger partial charge in [0.05, 0.1) is 15.4 Å². The van der Waals surface area contributed by atoms with Gasteiger partial charge in [0, 0.05) is 54.0 Å². The number of nitro benzene ring substituents is 2. The van der Waals surface area contributed by atoms with Gasteiger partial charge < -0.3 is 4.90 Å². The summed E-state index contributed by atoms with van der Waals surface area (Å²) in [5, 5.41) is 22.5. The zero-order valence-corrected chi connectivity index (χ0v) is 15.4. The first kappa shape index (κ1) is 18.7. The topological polar surface area (TPSA) is 124 Å². The molecule has 0 atom stereocenters. The fourth-order valence-electron chi connectivity index (χ4n) is 4.01. The van der Waals surface area contributed by atoms with E-state index in [9.17, 15) is 29.8 Å². The van der Waals surface area contributed by atoms with Gasteiger partial charge in [-0.05, 0) is 24.5 Å². The second-order valence-electron chi connectivity index (χ2n) is 7.20. The molecule has 0 N–H and O–H groups in total. The van der Waals surface area contributed by atoms with Crippen molar-refractivity contribution in [3.63, 3.8) is 0 Å². The van der Waals surface area contributed by atoms with Crippen LogP contribution in [0.1, 0.15) is 52.0 Å². The highest BCUT2D eigenvalue weighted by Gasteiger charge is 2.35. The van der Waals surface area contributed by atoms with Gasteiger partial charge in [0.1, 0.15) is 0 Å². The van der Waals surface area contributed by atoms with E-state index in [0.29, 0.717) is 24.2 Å². The number of carbonyl (C=O) groups is 2. The summed E-state index contributed by atoms with van der Waals surface area (Å²) < 4.78 is 0. The van der Waals surface area contributed by atoms with Crippen molar-refractivity contribution in [2.24, 2.45) is 0 Å². The first-order chi connectivity index (χ1) is 13.9. The molecule has 0 radical (unpaired) electrons. The summed E-state index contributed by atoms with van der Waals surface area (Å²) in [7, 11) is 0. The smallest absolute Gasteiger partial charge is 0.271 e. The van der Waals surface area contributed by atoms with Crippen LogP contribution in [0.3, 0.4) is 0 Å². The number of rotatable bonds is 3. The van der Waals surface area contributed by atoms with Crippen molar-refractivity contribution in [2.45, 2.75) is 25.7 Å². The Balaban J connectivity index is 1.90. The minimum atomic E-state index is -0.641. The molecular formula is C20H17N3O6. The van der Waals surface area contributed by atoms with Crippen LogP contribution in [0.4, 0.5) is 11.4 Å². The first-order valence-corrected chi connectivity index (χ1v) is 9.33. The number of hydrogen-bond acceptors (Lipinski definition) is 6. The summed E-state index contributed by atoms with van der Waals surface area (Å²) in [5.74, 6) is -0.904. The second kappa shape index (κ2) is 7.08. The van der Waals surface area contributed by atoms with Gasteiger partial charge in [-0.3, -0.25) is 29.8 Å². The van der Waals surface area contributed by atoms with Gasteiger partial charge in [-0.25, -0.2) is 0 Å². The Labute approximate surface area is 165 Å². The van der Waals surface area contributed by atoms with Crippen LogP contribution in [0.15, 0.2) is 30.3 Å². The van der Waals surface area contributed by atoms with Gasteiger partial charge in [0.2, 0.25) is 0 Å². The molecule has 0 spiro atoms. The predicted molar refractivity (Wildman–Crippen MR) is 103 cm³/mol. The Hall–Kier alpha value is -3.62. The summed E-state index contributed by atoms with van der Waals surface area (Å²) in [5.41, 5.74) is 0.324. The minimum Gasteiger partial charge on any atom is -0.339 e. The lowest BCUT2D eigenvalue weighted by Crippen LogP contribution is -2.32. The molecule has 1 aliphatic heterocycles. The van der Waals surface area contributed by atoms with E-state index in [1.165, 1.54) is 18.2 Å². The Kier molecular flexibility index (Phi) is 4.57. The molecule has 1 amide bonds. The summed E-state index contributed by atoms with van der Waals surface area (Å²) in [6.45, 7) is 1.11. The number of benzene rings is 2. The van der Waals surface area contributed by atoms with E-state index in [4.69, 9.17) is 0 Å². The molecule has 0 unspecified atom stereocenters.